The van der Waals surface area contributed by atoms with Crippen LogP contribution in [-0.2, 0) is 0 Å². The third-order valence-corrected chi connectivity index (χ3v) is 5.59. The van der Waals surface area contributed by atoms with Crippen molar-refractivity contribution in [2.24, 2.45) is 0 Å². The van der Waals surface area contributed by atoms with Crippen LogP contribution in [0.25, 0.3) is 0 Å². The van der Waals surface area contributed by atoms with E-state index in [4.69, 9.17) is 23.7 Å². The Morgan fingerprint density at radius 3 is 2.03 bits per heavy atom. The molecule has 156 valence electrons. The van der Waals surface area contributed by atoms with Crippen LogP contribution in [0, 0.1) is 0 Å². The molecule has 0 fully saturated rings. The first kappa shape index (κ1) is 20.0. The summed E-state index contributed by atoms with van der Waals surface area (Å²) in [6.07, 6.45) is 0.684. The highest BCUT2D eigenvalue weighted by Gasteiger charge is 2.36. The highest BCUT2D eigenvalue weighted by Crippen LogP contribution is 2.55. The van der Waals surface area contributed by atoms with Crippen molar-refractivity contribution in [3.63, 3.8) is 0 Å². The summed E-state index contributed by atoms with van der Waals surface area (Å²) in [4.78, 5) is 0. The van der Waals surface area contributed by atoms with Crippen molar-refractivity contribution in [1.82, 2.24) is 0 Å². The summed E-state index contributed by atoms with van der Waals surface area (Å²) in [6.45, 7) is 0. The minimum absolute atomic E-state index is 0.0552. The molecule has 3 aromatic carbocycles. The molecular weight excluding hydrogens is 380 g/mol. The maximum Gasteiger partial charge on any atom is 0.203 e. The fourth-order valence-corrected chi connectivity index (χ4v) is 4.13. The fraction of sp³-hybridized carbons (Fsp3) is 0.280. The fourth-order valence-electron chi connectivity index (χ4n) is 4.13. The zero-order valence-corrected chi connectivity index (χ0v) is 17.7. The molecule has 1 aliphatic rings. The van der Waals surface area contributed by atoms with Gasteiger partial charge in [-0.15, -0.1) is 0 Å². The van der Waals surface area contributed by atoms with E-state index in [0.717, 1.165) is 34.6 Å². The molecule has 2 atom stereocenters. The van der Waals surface area contributed by atoms with Gasteiger partial charge in [-0.25, -0.2) is 0 Å². The number of hydrogen-bond acceptors (Lipinski definition) is 5. The maximum atomic E-state index is 6.46. The van der Waals surface area contributed by atoms with E-state index in [1.807, 2.05) is 36.4 Å². The van der Waals surface area contributed by atoms with E-state index in [2.05, 4.69) is 24.3 Å². The van der Waals surface area contributed by atoms with Gasteiger partial charge < -0.3 is 23.7 Å². The van der Waals surface area contributed by atoms with E-state index in [0.29, 0.717) is 17.2 Å². The Bertz CT molecular complexity index is 998. The van der Waals surface area contributed by atoms with Crippen LogP contribution < -0.4 is 23.7 Å². The van der Waals surface area contributed by atoms with Gasteiger partial charge >= 0.3 is 0 Å². The van der Waals surface area contributed by atoms with Gasteiger partial charge in [0.25, 0.3) is 0 Å². The summed E-state index contributed by atoms with van der Waals surface area (Å²) in [7, 11) is 6.55. The van der Waals surface area contributed by atoms with Crippen LogP contribution >= 0.6 is 0 Å². The molecule has 3 aromatic rings. The number of methoxy groups -OCH3 is 4. The molecule has 1 aliphatic heterocycles. The Morgan fingerprint density at radius 1 is 0.733 bits per heavy atom. The third-order valence-electron chi connectivity index (χ3n) is 5.59. The van der Waals surface area contributed by atoms with Gasteiger partial charge in [0.15, 0.2) is 11.5 Å². The number of hydrogen-bond donors (Lipinski definition) is 0. The SMILES string of the molecule is COc1ccc([C@@H]2C[C@H](c3ccccc3)Oc3cc(OC)c(OC)c(OC)c32)cc1. The predicted molar refractivity (Wildman–Crippen MR) is 115 cm³/mol. The van der Waals surface area contributed by atoms with E-state index in [1.54, 1.807) is 28.4 Å². The summed E-state index contributed by atoms with van der Waals surface area (Å²) < 4.78 is 28.8. The summed E-state index contributed by atoms with van der Waals surface area (Å²) in [5.41, 5.74) is 3.26. The molecule has 0 spiro atoms. The lowest BCUT2D eigenvalue weighted by Gasteiger charge is -2.34. The van der Waals surface area contributed by atoms with Crippen LogP contribution in [-0.4, -0.2) is 28.4 Å². The van der Waals surface area contributed by atoms with Crippen LogP contribution in [0.1, 0.15) is 35.1 Å². The highest BCUT2D eigenvalue weighted by molar-refractivity contribution is 5.65. The Balaban J connectivity index is 1.89. The van der Waals surface area contributed by atoms with Crippen molar-refractivity contribution in [3.05, 3.63) is 77.4 Å². The molecule has 1 heterocycles. The van der Waals surface area contributed by atoms with E-state index in [9.17, 15) is 0 Å². The van der Waals surface area contributed by atoms with Crippen molar-refractivity contribution in [3.8, 4) is 28.7 Å². The molecule has 0 saturated carbocycles. The number of ether oxygens (including phenoxy) is 5. The highest BCUT2D eigenvalue weighted by atomic mass is 16.5. The quantitative estimate of drug-likeness (QED) is 0.550. The molecule has 5 nitrogen and oxygen atoms in total. The molecule has 4 rings (SSSR count). The molecule has 0 N–H and O–H groups in total. The van der Waals surface area contributed by atoms with Gasteiger partial charge in [0.05, 0.1) is 28.4 Å². The van der Waals surface area contributed by atoms with E-state index < -0.39 is 0 Å². The third kappa shape index (κ3) is 3.52. The van der Waals surface area contributed by atoms with E-state index in [-0.39, 0.29) is 12.0 Å². The van der Waals surface area contributed by atoms with Crippen molar-refractivity contribution >= 4 is 0 Å². The Kier molecular flexibility index (Phi) is 5.70. The summed E-state index contributed by atoms with van der Waals surface area (Å²) in [5, 5.41) is 0. The molecule has 0 saturated heterocycles. The van der Waals surface area contributed by atoms with Crippen molar-refractivity contribution < 1.29 is 23.7 Å². The Labute approximate surface area is 177 Å². The number of rotatable bonds is 6. The second-order valence-corrected chi connectivity index (χ2v) is 7.14. The monoisotopic (exact) mass is 406 g/mol. The van der Waals surface area contributed by atoms with Gasteiger partial charge in [-0.05, 0) is 29.7 Å². The average Bonchev–Trinajstić information content (AvgIpc) is 2.82. The zero-order chi connectivity index (χ0) is 21.1. The smallest absolute Gasteiger partial charge is 0.203 e. The summed E-state index contributed by atoms with van der Waals surface area (Å²) >= 11 is 0. The molecular formula is C25H26O5. The minimum Gasteiger partial charge on any atom is -0.497 e. The summed E-state index contributed by atoms with van der Waals surface area (Å²) in [6, 6.07) is 20.3. The predicted octanol–water partition coefficient (Wildman–Crippen LogP) is 5.38. The first-order chi connectivity index (χ1) is 14.7. The normalized spacial score (nSPS) is 17.5. The first-order valence-corrected chi connectivity index (χ1v) is 9.88. The standard InChI is InChI=1S/C25H26O5/c1-26-18-12-10-16(11-13-18)19-14-20(17-8-6-5-7-9-17)30-21-15-22(27-2)24(28-3)25(29-4)23(19)21/h5-13,15,19-20H,14H2,1-4H3/t19-,20+/m0/s1. The molecule has 30 heavy (non-hydrogen) atoms. The van der Waals surface area contributed by atoms with Crippen LogP contribution in [0.15, 0.2) is 60.7 Å². The van der Waals surface area contributed by atoms with Crippen molar-refractivity contribution in [2.75, 3.05) is 28.4 Å². The van der Waals surface area contributed by atoms with E-state index >= 15 is 0 Å². The molecule has 0 bridgehead atoms. The van der Waals surface area contributed by atoms with Gasteiger partial charge in [-0.1, -0.05) is 42.5 Å². The van der Waals surface area contributed by atoms with Gasteiger partial charge in [-0.2, -0.15) is 0 Å². The first-order valence-electron chi connectivity index (χ1n) is 9.88. The van der Waals surface area contributed by atoms with Crippen molar-refractivity contribution in [1.29, 1.82) is 0 Å². The number of fused-ring (bicyclic) bond motifs is 1. The topological polar surface area (TPSA) is 46.2 Å². The van der Waals surface area contributed by atoms with Gasteiger partial charge in [0, 0.05) is 17.5 Å². The van der Waals surface area contributed by atoms with Gasteiger partial charge in [0.1, 0.15) is 17.6 Å². The minimum atomic E-state index is -0.0893. The lowest BCUT2D eigenvalue weighted by atomic mass is 9.81. The summed E-state index contributed by atoms with van der Waals surface area (Å²) in [5.74, 6) is 3.41. The van der Waals surface area contributed by atoms with E-state index in [1.165, 1.54) is 0 Å². The molecule has 0 radical (unpaired) electrons. The molecule has 0 amide bonds. The number of benzene rings is 3. The van der Waals surface area contributed by atoms with Gasteiger partial charge in [0.2, 0.25) is 5.75 Å². The van der Waals surface area contributed by atoms with Crippen LogP contribution in [0.4, 0.5) is 0 Å². The molecule has 0 aliphatic carbocycles. The molecule has 0 aromatic heterocycles. The van der Waals surface area contributed by atoms with Crippen molar-refractivity contribution in [2.45, 2.75) is 18.4 Å². The zero-order valence-electron chi connectivity index (χ0n) is 17.7. The van der Waals surface area contributed by atoms with Crippen LogP contribution in [0.2, 0.25) is 0 Å². The van der Waals surface area contributed by atoms with Crippen LogP contribution in [0.5, 0.6) is 28.7 Å². The maximum absolute atomic E-state index is 6.46. The lowest BCUT2D eigenvalue weighted by molar-refractivity contribution is 0.163. The second-order valence-electron chi connectivity index (χ2n) is 7.14. The average molecular weight is 406 g/mol. The largest absolute Gasteiger partial charge is 0.497 e. The molecule has 0 unspecified atom stereocenters. The van der Waals surface area contributed by atoms with Gasteiger partial charge in [-0.3, -0.25) is 0 Å². The second kappa shape index (κ2) is 8.57. The van der Waals surface area contributed by atoms with Crippen LogP contribution in [0.3, 0.4) is 0 Å². The Hall–Kier alpha value is -3.34. The molecule has 5 heteroatoms. The Morgan fingerprint density at radius 2 is 1.43 bits per heavy atom. The lowest BCUT2D eigenvalue weighted by Crippen LogP contribution is -2.21.